The molecular weight excluding hydrogens is 246 g/mol. The Hall–Kier alpha value is -1.68. The molecule has 1 amide bonds. The first-order valence-corrected chi connectivity index (χ1v) is 6.81. The van der Waals surface area contributed by atoms with Gasteiger partial charge >= 0.3 is 0 Å². The number of carbonyl (C=O) groups is 2. The van der Waals surface area contributed by atoms with Crippen LogP contribution in [0.1, 0.15) is 30.6 Å². The summed E-state index contributed by atoms with van der Waals surface area (Å²) < 4.78 is 1.08. The minimum absolute atomic E-state index is 0.0443. The van der Waals surface area contributed by atoms with Crippen LogP contribution in [0.15, 0.2) is 29.6 Å². The van der Waals surface area contributed by atoms with E-state index in [-0.39, 0.29) is 11.7 Å². The van der Waals surface area contributed by atoms with Crippen LogP contribution >= 0.6 is 11.3 Å². The molecule has 0 saturated heterocycles. The highest BCUT2D eigenvalue weighted by atomic mass is 32.1. The second kappa shape index (κ2) is 5.31. The third kappa shape index (κ3) is 2.43. The molecular formula is C14H15NO2S. The van der Waals surface area contributed by atoms with Crippen LogP contribution < -0.4 is 5.32 Å². The zero-order chi connectivity index (χ0) is 13.1. The van der Waals surface area contributed by atoms with Gasteiger partial charge in [-0.3, -0.25) is 9.59 Å². The van der Waals surface area contributed by atoms with Crippen LogP contribution in [0.25, 0.3) is 10.1 Å². The average molecular weight is 261 g/mol. The number of fused-ring (bicyclic) bond motifs is 1. The van der Waals surface area contributed by atoms with E-state index in [0.717, 1.165) is 10.1 Å². The Labute approximate surface area is 110 Å². The summed E-state index contributed by atoms with van der Waals surface area (Å²) in [6, 6.07) is 7.34. The Morgan fingerprint density at radius 2 is 2.06 bits per heavy atom. The van der Waals surface area contributed by atoms with Gasteiger partial charge in [-0.2, -0.15) is 0 Å². The highest BCUT2D eigenvalue weighted by Gasteiger charge is 2.17. The van der Waals surface area contributed by atoms with Gasteiger partial charge in [0, 0.05) is 21.9 Å². The van der Waals surface area contributed by atoms with Gasteiger partial charge in [-0.05, 0) is 13.0 Å². The summed E-state index contributed by atoms with van der Waals surface area (Å²) in [5, 5.41) is 5.52. The van der Waals surface area contributed by atoms with E-state index >= 15 is 0 Å². The summed E-state index contributed by atoms with van der Waals surface area (Å²) in [5.41, 5.74) is 0.645. The van der Waals surface area contributed by atoms with Crippen LogP contribution in [0.2, 0.25) is 0 Å². The Kier molecular flexibility index (Phi) is 3.77. The Balaban J connectivity index is 2.21. The maximum Gasteiger partial charge on any atom is 0.253 e. The summed E-state index contributed by atoms with van der Waals surface area (Å²) in [6.07, 6.45) is 0.436. The standard InChI is InChI=1S/C14H15NO2S/c1-3-12(16)9(2)15-14(17)11-8-18-13-7-5-4-6-10(11)13/h4-9H,3H2,1-2H3,(H,15,17). The first-order chi connectivity index (χ1) is 8.63. The van der Waals surface area contributed by atoms with E-state index in [9.17, 15) is 9.59 Å². The lowest BCUT2D eigenvalue weighted by Gasteiger charge is -2.11. The SMILES string of the molecule is CCC(=O)C(C)NC(=O)c1csc2ccccc12. The van der Waals surface area contributed by atoms with E-state index in [2.05, 4.69) is 5.32 Å². The number of rotatable bonds is 4. The van der Waals surface area contributed by atoms with Gasteiger partial charge < -0.3 is 5.32 Å². The number of amides is 1. The molecule has 0 fully saturated rings. The third-order valence-electron chi connectivity index (χ3n) is 2.90. The fourth-order valence-electron chi connectivity index (χ4n) is 1.81. The Morgan fingerprint density at radius 1 is 1.33 bits per heavy atom. The normalized spacial score (nSPS) is 12.3. The molecule has 0 bridgehead atoms. The van der Waals surface area contributed by atoms with Crippen molar-refractivity contribution < 1.29 is 9.59 Å². The lowest BCUT2D eigenvalue weighted by Crippen LogP contribution is -2.38. The summed E-state index contributed by atoms with van der Waals surface area (Å²) in [5.74, 6) is -0.135. The number of benzene rings is 1. The summed E-state index contributed by atoms with van der Waals surface area (Å²) in [7, 11) is 0. The van der Waals surface area contributed by atoms with Gasteiger partial charge in [-0.1, -0.05) is 25.1 Å². The highest BCUT2D eigenvalue weighted by molar-refractivity contribution is 7.17. The lowest BCUT2D eigenvalue weighted by atomic mass is 10.1. The van der Waals surface area contributed by atoms with Crippen LogP contribution in [0.5, 0.6) is 0 Å². The molecule has 18 heavy (non-hydrogen) atoms. The second-order valence-electron chi connectivity index (χ2n) is 4.16. The highest BCUT2D eigenvalue weighted by Crippen LogP contribution is 2.25. The van der Waals surface area contributed by atoms with E-state index in [1.807, 2.05) is 29.6 Å². The van der Waals surface area contributed by atoms with Gasteiger partial charge in [-0.15, -0.1) is 11.3 Å². The van der Waals surface area contributed by atoms with Crippen LogP contribution in [0, 0.1) is 0 Å². The van der Waals surface area contributed by atoms with E-state index < -0.39 is 6.04 Å². The molecule has 1 atom stereocenters. The molecule has 0 aliphatic heterocycles. The molecule has 1 unspecified atom stereocenters. The first-order valence-electron chi connectivity index (χ1n) is 5.93. The largest absolute Gasteiger partial charge is 0.342 e. The quantitative estimate of drug-likeness (QED) is 0.919. The number of ketones is 1. The molecule has 0 aliphatic carbocycles. The van der Waals surface area contributed by atoms with Gasteiger partial charge in [0.15, 0.2) is 5.78 Å². The number of thiophene rings is 1. The van der Waals surface area contributed by atoms with Crippen molar-refractivity contribution in [2.75, 3.05) is 0 Å². The van der Waals surface area contributed by atoms with Crippen molar-refractivity contribution in [1.82, 2.24) is 5.32 Å². The molecule has 4 heteroatoms. The predicted octanol–water partition coefficient (Wildman–Crippen LogP) is 3.00. The minimum Gasteiger partial charge on any atom is -0.342 e. The van der Waals surface area contributed by atoms with Crippen molar-refractivity contribution in [2.24, 2.45) is 0 Å². The van der Waals surface area contributed by atoms with Crippen LogP contribution in [-0.4, -0.2) is 17.7 Å². The minimum atomic E-state index is -0.429. The fraction of sp³-hybridized carbons (Fsp3) is 0.286. The maximum atomic E-state index is 12.1. The molecule has 0 spiro atoms. The molecule has 0 radical (unpaired) electrons. The van der Waals surface area contributed by atoms with Gasteiger partial charge in [0.1, 0.15) is 0 Å². The molecule has 1 aromatic heterocycles. The maximum absolute atomic E-state index is 12.1. The molecule has 1 aromatic carbocycles. The Bertz CT molecular complexity index is 588. The van der Waals surface area contributed by atoms with Gasteiger partial charge in [0.2, 0.25) is 0 Å². The van der Waals surface area contributed by atoms with Crippen LogP contribution in [-0.2, 0) is 4.79 Å². The fourth-order valence-corrected chi connectivity index (χ4v) is 2.76. The molecule has 0 aliphatic rings. The molecule has 1 N–H and O–H groups in total. The zero-order valence-electron chi connectivity index (χ0n) is 10.4. The number of hydrogen-bond acceptors (Lipinski definition) is 3. The number of carbonyl (C=O) groups excluding carboxylic acids is 2. The molecule has 1 heterocycles. The zero-order valence-corrected chi connectivity index (χ0v) is 11.2. The average Bonchev–Trinajstić information content (AvgIpc) is 2.81. The van der Waals surface area contributed by atoms with Gasteiger partial charge in [0.25, 0.3) is 5.91 Å². The summed E-state index contributed by atoms with van der Waals surface area (Å²) in [6.45, 7) is 3.52. The molecule has 94 valence electrons. The number of Topliss-reactive ketones (excluding diaryl/α,β-unsaturated/α-hetero) is 1. The molecule has 2 aromatic rings. The molecule has 3 nitrogen and oxygen atoms in total. The second-order valence-corrected chi connectivity index (χ2v) is 5.07. The van der Waals surface area contributed by atoms with Crippen molar-refractivity contribution >= 4 is 33.1 Å². The van der Waals surface area contributed by atoms with Crippen molar-refractivity contribution in [2.45, 2.75) is 26.3 Å². The monoisotopic (exact) mass is 261 g/mol. The van der Waals surface area contributed by atoms with Crippen molar-refractivity contribution in [3.05, 3.63) is 35.2 Å². The topological polar surface area (TPSA) is 46.2 Å². The van der Waals surface area contributed by atoms with E-state index in [4.69, 9.17) is 0 Å². The van der Waals surface area contributed by atoms with Crippen molar-refractivity contribution in [1.29, 1.82) is 0 Å². The molecule has 0 saturated carbocycles. The summed E-state index contributed by atoms with van der Waals surface area (Å²) in [4.78, 5) is 23.6. The summed E-state index contributed by atoms with van der Waals surface area (Å²) >= 11 is 1.54. The van der Waals surface area contributed by atoms with Crippen molar-refractivity contribution in [3.8, 4) is 0 Å². The third-order valence-corrected chi connectivity index (χ3v) is 3.87. The van der Waals surface area contributed by atoms with Crippen LogP contribution in [0.4, 0.5) is 0 Å². The number of nitrogens with one attached hydrogen (secondary N) is 1. The first kappa shape index (κ1) is 12.8. The van der Waals surface area contributed by atoms with Crippen LogP contribution in [0.3, 0.4) is 0 Å². The van der Waals surface area contributed by atoms with Gasteiger partial charge in [0.05, 0.1) is 11.6 Å². The lowest BCUT2D eigenvalue weighted by molar-refractivity contribution is -0.120. The Morgan fingerprint density at radius 3 is 2.78 bits per heavy atom. The smallest absolute Gasteiger partial charge is 0.253 e. The van der Waals surface area contributed by atoms with E-state index in [1.165, 1.54) is 11.3 Å². The van der Waals surface area contributed by atoms with E-state index in [1.54, 1.807) is 13.8 Å². The van der Waals surface area contributed by atoms with Gasteiger partial charge in [-0.25, -0.2) is 0 Å². The van der Waals surface area contributed by atoms with E-state index in [0.29, 0.717) is 12.0 Å². The molecule has 2 rings (SSSR count). The number of hydrogen-bond donors (Lipinski definition) is 1. The van der Waals surface area contributed by atoms with Crippen molar-refractivity contribution in [3.63, 3.8) is 0 Å². The predicted molar refractivity (Wildman–Crippen MR) is 74.1 cm³/mol.